The second-order valence-electron chi connectivity index (χ2n) is 4.92. The average Bonchev–Trinajstić information content (AvgIpc) is 2.46. The minimum Gasteiger partial charge on any atom is -0.480 e. The van der Waals surface area contributed by atoms with Gasteiger partial charge in [-0.15, -0.1) is 0 Å². The molecule has 1 aromatic heterocycles. The number of aromatic nitrogens is 1. The van der Waals surface area contributed by atoms with Crippen LogP contribution in [0, 0.1) is 0 Å². The van der Waals surface area contributed by atoms with Crippen LogP contribution in [0.25, 0.3) is 10.9 Å². The van der Waals surface area contributed by atoms with Crippen LogP contribution in [0.4, 0.5) is 0 Å². The lowest BCUT2D eigenvalue weighted by atomic mass is 10.1. The van der Waals surface area contributed by atoms with Crippen molar-refractivity contribution in [1.29, 1.82) is 0 Å². The molecule has 5 nitrogen and oxygen atoms in total. The summed E-state index contributed by atoms with van der Waals surface area (Å²) in [5, 5.41) is 9.84. The summed E-state index contributed by atoms with van der Waals surface area (Å²) in [6, 6.07) is 9.61. The number of carboxylic acid groups (broad SMARTS) is 1. The predicted octanol–water partition coefficient (Wildman–Crippen LogP) is 2.10. The van der Waals surface area contributed by atoms with E-state index in [1.807, 2.05) is 37.3 Å². The van der Waals surface area contributed by atoms with Crippen LogP contribution in [0.3, 0.4) is 0 Å². The second-order valence-corrected chi connectivity index (χ2v) is 4.92. The Morgan fingerprint density at radius 2 is 2.05 bits per heavy atom. The Hall–Kier alpha value is -2.43. The van der Waals surface area contributed by atoms with E-state index in [0.717, 1.165) is 22.9 Å². The number of carbonyl (C=O) groups is 2. The van der Waals surface area contributed by atoms with Crippen molar-refractivity contribution in [3.63, 3.8) is 0 Å². The van der Waals surface area contributed by atoms with E-state index in [1.54, 1.807) is 6.20 Å². The van der Waals surface area contributed by atoms with Gasteiger partial charge in [0.1, 0.15) is 6.54 Å². The lowest BCUT2D eigenvalue weighted by Gasteiger charge is -2.19. The van der Waals surface area contributed by atoms with Crippen molar-refractivity contribution in [3.8, 4) is 0 Å². The molecule has 0 fully saturated rings. The number of rotatable bonds is 6. The van der Waals surface area contributed by atoms with Gasteiger partial charge < -0.3 is 10.0 Å². The predicted molar refractivity (Wildman–Crippen MR) is 80.0 cm³/mol. The molecule has 0 aliphatic rings. The minimum absolute atomic E-state index is 0.172. The van der Waals surface area contributed by atoms with Gasteiger partial charge in [-0.3, -0.25) is 14.6 Å². The number of aliphatic carboxylic acids is 1. The van der Waals surface area contributed by atoms with Crippen LogP contribution >= 0.6 is 0 Å². The van der Waals surface area contributed by atoms with E-state index in [1.165, 1.54) is 4.90 Å². The van der Waals surface area contributed by atoms with Crippen LogP contribution in [-0.2, 0) is 16.0 Å². The van der Waals surface area contributed by atoms with Gasteiger partial charge in [0.2, 0.25) is 5.91 Å². The molecule has 21 heavy (non-hydrogen) atoms. The Balaban J connectivity index is 2.13. The number of para-hydroxylation sites is 1. The molecule has 0 aliphatic heterocycles. The van der Waals surface area contributed by atoms with Gasteiger partial charge in [-0.05, 0) is 24.1 Å². The molecule has 0 saturated carbocycles. The Morgan fingerprint density at radius 3 is 2.76 bits per heavy atom. The van der Waals surface area contributed by atoms with Gasteiger partial charge in [-0.2, -0.15) is 0 Å². The van der Waals surface area contributed by atoms with E-state index in [-0.39, 0.29) is 18.9 Å². The van der Waals surface area contributed by atoms with E-state index in [0.29, 0.717) is 6.54 Å². The fourth-order valence-electron chi connectivity index (χ4n) is 2.22. The van der Waals surface area contributed by atoms with E-state index >= 15 is 0 Å². The van der Waals surface area contributed by atoms with Crippen LogP contribution in [0.1, 0.15) is 18.9 Å². The maximum absolute atomic E-state index is 12.2. The average molecular weight is 286 g/mol. The third-order valence-corrected chi connectivity index (χ3v) is 3.17. The molecule has 0 saturated heterocycles. The molecule has 0 bridgehead atoms. The molecule has 2 rings (SSSR count). The Kier molecular flexibility index (Phi) is 4.87. The number of fused-ring (bicyclic) bond motifs is 1. The maximum atomic E-state index is 12.2. The zero-order valence-electron chi connectivity index (χ0n) is 12.0. The van der Waals surface area contributed by atoms with E-state index in [2.05, 4.69) is 4.98 Å². The molecule has 1 heterocycles. The summed E-state index contributed by atoms with van der Waals surface area (Å²) in [4.78, 5) is 28.7. The summed E-state index contributed by atoms with van der Waals surface area (Å²) in [6.07, 6.45) is 2.57. The number of carboxylic acids is 1. The summed E-state index contributed by atoms with van der Waals surface area (Å²) < 4.78 is 0. The Morgan fingerprint density at radius 1 is 1.29 bits per heavy atom. The quantitative estimate of drug-likeness (QED) is 0.882. The summed E-state index contributed by atoms with van der Waals surface area (Å²) in [5.74, 6) is -1.18. The summed E-state index contributed by atoms with van der Waals surface area (Å²) >= 11 is 0. The van der Waals surface area contributed by atoms with Crippen molar-refractivity contribution >= 4 is 22.8 Å². The molecule has 0 atom stereocenters. The number of nitrogens with zero attached hydrogens (tertiary/aromatic N) is 2. The Bertz CT molecular complexity index is 655. The first-order valence-corrected chi connectivity index (χ1v) is 6.93. The van der Waals surface area contributed by atoms with Crippen molar-refractivity contribution < 1.29 is 14.7 Å². The van der Waals surface area contributed by atoms with Crippen molar-refractivity contribution in [3.05, 3.63) is 42.1 Å². The highest BCUT2D eigenvalue weighted by Crippen LogP contribution is 2.13. The van der Waals surface area contributed by atoms with Gasteiger partial charge >= 0.3 is 5.97 Å². The molecular formula is C16H18N2O3. The number of pyridine rings is 1. The number of hydrogen-bond donors (Lipinski definition) is 1. The van der Waals surface area contributed by atoms with E-state index < -0.39 is 5.97 Å². The lowest BCUT2D eigenvalue weighted by Crippen LogP contribution is -2.37. The zero-order chi connectivity index (χ0) is 15.2. The molecule has 1 aromatic carbocycles. The van der Waals surface area contributed by atoms with Crippen LogP contribution in [0.5, 0.6) is 0 Å². The molecule has 5 heteroatoms. The monoisotopic (exact) mass is 286 g/mol. The highest BCUT2D eigenvalue weighted by Gasteiger charge is 2.16. The van der Waals surface area contributed by atoms with Crippen molar-refractivity contribution in [2.24, 2.45) is 0 Å². The molecular weight excluding hydrogens is 268 g/mol. The fraction of sp³-hybridized carbons (Fsp3) is 0.312. The molecule has 2 aromatic rings. The molecule has 0 spiro atoms. The molecule has 1 amide bonds. The number of carbonyl (C=O) groups excluding carboxylic acids is 1. The molecule has 0 aliphatic carbocycles. The largest absolute Gasteiger partial charge is 0.480 e. The summed E-state index contributed by atoms with van der Waals surface area (Å²) in [5.41, 5.74) is 1.68. The van der Waals surface area contributed by atoms with Gasteiger partial charge in [-0.1, -0.05) is 25.1 Å². The topological polar surface area (TPSA) is 70.5 Å². The van der Waals surface area contributed by atoms with Crippen molar-refractivity contribution in [2.75, 3.05) is 13.1 Å². The third-order valence-electron chi connectivity index (χ3n) is 3.17. The van der Waals surface area contributed by atoms with Crippen molar-refractivity contribution in [1.82, 2.24) is 9.88 Å². The molecule has 110 valence electrons. The Labute approximate surface area is 123 Å². The van der Waals surface area contributed by atoms with Crippen LogP contribution in [0.2, 0.25) is 0 Å². The highest BCUT2D eigenvalue weighted by molar-refractivity contribution is 5.84. The summed E-state index contributed by atoms with van der Waals surface area (Å²) in [7, 11) is 0. The first-order chi connectivity index (χ1) is 10.1. The van der Waals surface area contributed by atoms with Gasteiger partial charge in [0.05, 0.1) is 11.9 Å². The van der Waals surface area contributed by atoms with Crippen LogP contribution in [-0.4, -0.2) is 40.0 Å². The molecule has 0 radical (unpaired) electrons. The number of amides is 1. The van der Waals surface area contributed by atoms with Crippen LogP contribution < -0.4 is 0 Å². The molecule has 0 unspecified atom stereocenters. The van der Waals surface area contributed by atoms with E-state index in [4.69, 9.17) is 5.11 Å². The number of benzene rings is 1. The number of hydrogen-bond acceptors (Lipinski definition) is 3. The van der Waals surface area contributed by atoms with Crippen molar-refractivity contribution in [2.45, 2.75) is 19.8 Å². The lowest BCUT2D eigenvalue weighted by molar-refractivity contribution is -0.144. The third kappa shape index (κ3) is 4.02. The van der Waals surface area contributed by atoms with Gasteiger partial charge in [0, 0.05) is 18.1 Å². The fourth-order valence-corrected chi connectivity index (χ4v) is 2.22. The zero-order valence-corrected chi connectivity index (χ0v) is 12.0. The first kappa shape index (κ1) is 15.0. The highest BCUT2D eigenvalue weighted by atomic mass is 16.4. The smallest absolute Gasteiger partial charge is 0.323 e. The van der Waals surface area contributed by atoms with Gasteiger partial charge in [0.15, 0.2) is 0 Å². The normalized spacial score (nSPS) is 10.5. The SMILES string of the molecule is CCCN(CC(=O)O)C(=O)Cc1cnc2ccccc2c1. The summed E-state index contributed by atoms with van der Waals surface area (Å²) in [6.45, 7) is 2.11. The first-order valence-electron chi connectivity index (χ1n) is 6.93. The second kappa shape index (κ2) is 6.83. The van der Waals surface area contributed by atoms with Gasteiger partial charge in [-0.25, -0.2) is 0 Å². The molecule has 1 N–H and O–H groups in total. The minimum atomic E-state index is -0.992. The maximum Gasteiger partial charge on any atom is 0.323 e. The van der Waals surface area contributed by atoms with Crippen LogP contribution in [0.15, 0.2) is 36.5 Å². The van der Waals surface area contributed by atoms with E-state index in [9.17, 15) is 9.59 Å². The standard InChI is InChI=1S/C16H18N2O3/c1-2-7-18(11-16(20)21)15(19)9-12-8-13-5-3-4-6-14(13)17-10-12/h3-6,8,10H,2,7,9,11H2,1H3,(H,20,21). The van der Waals surface area contributed by atoms with Gasteiger partial charge in [0.25, 0.3) is 0 Å².